The summed E-state index contributed by atoms with van der Waals surface area (Å²) in [7, 11) is 0. The van der Waals surface area contributed by atoms with Crippen LogP contribution in [-0.4, -0.2) is 33.3 Å². The topological polar surface area (TPSA) is 60.6 Å². The van der Waals surface area contributed by atoms with Gasteiger partial charge in [-0.3, -0.25) is 9.20 Å². The van der Waals surface area contributed by atoms with Crippen LogP contribution in [-0.2, 0) is 4.74 Å². The monoisotopic (exact) mass is 220 g/mol. The van der Waals surface area contributed by atoms with E-state index >= 15 is 0 Å². The number of nitrogens with one attached hydrogen (secondary N) is 1. The van der Waals surface area contributed by atoms with Gasteiger partial charge >= 0.3 is 0 Å². The molecule has 1 saturated heterocycles. The molecule has 0 saturated carbocycles. The van der Waals surface area contributed by atoms with Crippen LogP contribution < -0.4 is 11.0 Å². The second kappa shape index (κ2) is 3.64. The predicted octanol–water partition coefficient (Wildman–Crippen LogP) is -0.172. The minimum Gasteiger partial charge on any atom is -0.379 e. The standard InChI is InChI=1S/C10H12N4O2/c15-10-9-5-11-7-13(9)2-3-14(10)12-8-1-4-16-6-8/h2-3,5,7-8,12H,1,4,6H2. The van der Waals surface area contributed by atoms with E-state index in [1.54, 1.807) is 29.3 Å². The summed E-state index contributed by atoms with van der Waals surface area (Å²) in [5.41, 5.74) is 3.60. The van der Waals surface area contributed by atoms with E-state index in [9.17, 15) is 4.79 Å². The number of imidazole rings is 1. The van der Waals surface area contributed by atoms with Crippen LogP contribution >= 0.6 is 0 Å². The molecule has 1 N–H and O–H groups in total. The van der Waals surface area contributed by atoms with Crippen molar-refractivity contribution in [3.63, 3.8) is 0 Å². The molecule has 0 aromatic carbocycles. The maximum Gasteiger partial charge on any atom is 0.294 e. The van der Waals surface area contributed by atoms with Crippen LogP contribution in [0.5, 0.6) is 0 Å². The van der Waals surface area contributed by atoms with Crippen LogP contribution in [0.1, 0.15) is 6.42 Å². The average Bonchev–Trinajstić information content (AvgIpc) is 2.93. The zero-order valence-electron chi connectivity index (χ0n) is 8.67. The second-order valence-electron chi connectivity index (χ2n) is 3.85. The fourth-order valence-electron chi connectivity index (χ4n) is 1.85. The third-order valence-corrected chi connectivity index (χ3v) is 2.73. The van der Waals surface area contributed by atoms with Crippen molar-refractivity contribution in [3.05, 3.63) is 35.3 Å². The molecular weight excluding hydrogens is 208 g/mol. The Labute approximate surface area is 91.4 Å². The summed E-state index contributed by atoms with van der Waals surface area (Å²) in [5, 5.41) is 0. The maximum atomic E-state index is 12.0. The molecule has 0 radical (unpaired) electrons. The zero-order chi connectivity index (χ0) is 11.0. The summed E-state index contributed by atoms with van der Waals surface area (Å²) >= 11 is 0. The molecule has 0 amide bonds. The van der Waals surface area contributed by atoms with Gasteiger partial charge in [0.2, 0.25) is 0 Å². The van der Waals surface area contributed by atoms with Crippen molar-refractivity contribution in [1.82, 2.24) is 14.1 Å². The van der Waals surface area contributed by atoms with Crippen molar-refractivity contribution in [1.29, 1.82) is 0 Å². The number of ether oxygens (including phenoxy) is 1. The third kappa shape index (κ3) is 1.47. The van der Waals surface area contributed by atoms with E-state index in [1.807, 2.05) is 0 Å². The lowest BCUT2D eigenvalue weighted by molar-refractivity contribution is 0.194. The van der Waals surface area contributed by atoms with Gasteiger partial charge in [0.15, 0.2) is 0 Å². The van der Waals surface area contributed by atoms with Gasteiger partial charge in [0.1, 0.15) is 5.52 Å². The molecule has 1 unspecified atom stereocenters. The zero-order valence-corrected chi connectivity index (χ0v) is 8.67. The normalized spacial score (nSPS) is 20.4. The molecule has 3 rings (SSSR count). The lowest BCUT2D eigenvalue weighted by atomic mass is 10.3. The predicted molar refractivity (Wildman–Crippen MR) is 58.0 cm³/mol. The van der Waals surface area contributed by atoms with Gasteiger partial charge in [0, 0.05) is 19.0 Å². The molecule has 1 atom stereocenters. The molecule has 0 spiro atoms. The van der Waals surface area contributed by atoms with Crippen molar-refractivity contribution in [2.24, 2.45) is 0 Å². The van der Waals surface area contributed by atoms with E-state index in [4.69, 9.17) is 4.74 Å². The number of fused-ring (bicyclic) bond motifs is 1. The second-order valence-corrected chi connectivity index (χ2v) is 3.85. The summed E-state index contributed by atoms with van der Waals surface area (Å²) in [6.07, 6.45) is 7.60. The molecule has 3 heterocycles. The van der Waals surface area contributed by atoms with Gasteiger partial charge in [-0.15, -0.1) is 0 Å². The SMILES string of the molecule is O=c1c2cncn2ccn1NC1CCOC1. The van der Waals surface area contributed by atoms with E-state index in [0.717, 1.165) is 13.0 Å². The first-order valence-electron chi connectivity index (χ1n) is 5.22. The Morgan fingerprint density at radius 3 is 3.25 bits per heavy atom. The smallest absolute Gasteiger partial charge is 0.294 e. The highest BCUT2D eigenvalue weighted by molar-refractivity contribution is 5.41. The fraction of sp³-hybridized carbons (Fsp3) is 0.400. The van der Waals surface area contributed by atoms with Gasteiger partial charge in [0.25, 0.3) is 5.56 Å². The van der Waals surface area contributed by atoms with E-state index < -0.39 is 0 Å². The van der Waals surface area contributed by atoms with Crippen molar-refractivity contribution < 1.29 is 4.74 Å². The molecule has 0 aliphatic carbocycles. The minimum atomic E-state index is -0.0908. The van der Waals surface area contributed by atoms with E-state index in [-0.39, 0.29) is 11.6 Å². The molecule has 84 valence electrons. The number of nitrogens with zero attached hydrogens (tertiary/aromatic N) is 3. The van der Waals surface area contributed by atoms with Crippen LogP contribution in [0.4, 0.5) is 0 Å². The summed E-state index contributed by atoms with van der Waals surface area (Å²) < 4.78 is 8.44. The maximum absolute atomic E-state index is 12.0. The van der Waals surface area contributed by atoms with E-state index in [2.05, 4.69) is 10.4 Å². The van der Waals surface area contributed by atoms with Crippen molar-refractivity contribution in [2.45, 2.75) is 12.5 Å². The summed E-state index contributed by atoms with van der Waals surface area (Å²) in [4.78, 5) is 15.9. The molecule has 1 aliphatic heterocycles. The van der Waals surface area contributed by atoms with Gasteiger partial charge < -0.3 is 10.2 Å². The van der Waals surface area contributed by atoms with Gasteiger partial charge in [0.05, 0.1) is 25.2 Å². The Bertz CT molecular complexity index is 553. The Kier molecular flexibility index (Phi) is 2.14. The van der Waals surface area contributed by atoms with Crippen LogP contribution in [0, 0.1) is 0 Å². The summed E-state index contributed by atoms with van der Waals surface area (Å²) in [6.45, 7) is 1.40. The molecule has 16 heavy (non-hydrogen) atoms. The van der Waals surface area contributed by atoms with Crippen LogP contribution in [0.15, 0.2) is 29.7 Å². The molecule has 2 aromatic heterocycles. The number of hydrogen-bond donors (Lipinski definition) is 1. The third-order valence-electron chi connectivity index (χ3n) is 2.73. The fourth-order valence-corrected chi connectivity index (χ4v) is 1.85. The largest absolute Gasteiger partial charge is 0.379 e. The van der Waals surface area contributed by atoms with Crippen LogP contribution in [0.25, 0.3) is 5.52 Å². The van der Waals surface area contributed by atoms with Gasteiger partial charge in [-0.1, -0.05) is 0 Å². The van der Waals surface area contributed by atoms with Crippen molar-refractivity contribution in [3.8, 4) is 0 Å². The number of aromatic nitrogens is 3. The highest BCUT2D eigenvalue weighted by Crippen LogP contribution is 2.04. The highest BCUT2D eigenvalue weighted by Gasteiger charge is 2.15. The van der Waals surface area contributed by atoms with Crippen LogP contribution in [0.2, 0.25) is 0 Å². The molecule has 0 bridgehead atoms. The number of hydrogen-bond acceptors (Lipinski definition) is 4. The lowest BCUT2D eigenvalue weighted by Crippen LogP contribution is -2.36. The molecule has 6 nitrogen and oxygen atoms in total. The number of rotatable bonds is 2. The molecule has 6 heteroatoms. The first-order chi connectivity index (χ1) is 7.84. The quantitative estimate of drug-likeness (QED) is 0.763. The molecule has 1 fully saturated rings. The van der Waals surface area contributed by atoms with Crippen molar-refractivity contribution in [2.75, 3.05) is 18.6 Å². The molecular formula is C10H12N4O2. The van der Waals surface area contributed by atoms with Gasteiger partial charge in [-0.2, -0.15) is 0 Å². The Morgan fingerprint density at radius 2 is 2.44 bits per heavy atom. The Balaban J connectivity index is 1.96. The summed E-state index contributed by atoms with van der Waals surface area (Å²) in [5.74, 6) is 0. The average molecular weight is 220 g/mol. The molecule has 2 aromatic rings. The summed E-state index contributed by atoms with van der Waals surface area (Å²) in [6, 6.07) is 0.211. The minimum absolute atomic E-state index is 0.0908. The van der Waals surface area contributed by atoms with E-state index in [1.165, 1.54) is 4.68 Å². The van der Waals surface area contributed by atoms with E-state index in [0.29, 0.717) is 12.1 Å². The molecule has 1 aliphatic rings. The van der Waals surface area contributed by atoms with Gasteiger partial charge in [-0.05, 0) is 6.42 Å². The highest BCUT2D eigenvalue weighted by atomic mass is 16.5. The lowest BCUT2D eigenvalue weighted by Gasteiger charge is -2.14. The first-order valence-corrected chi connectivity index (χ1v) is 5.22. The van der Waals surface area contributed by atoms with Crippen LogP contribution in [0.3, 0.4) is 0 Å². The Hall–Kier alpha value is -1.82. The first kappa shape index (κ1) is 9.41. The van der Waals surface area contributed by atoms with Crippen molar-refractivity contribution >= 4 is 5.52 Å². The Morgan fingerprint density at radius 1 is 1.50 bits per heavy atom. The van der Waals surface area contributed by atoms with Gasteiger partial charge in [-0.25, -0.2) is 9.66 Å².